The molecule has 28 heavy (non-hydrogen) atoms. The summed E-state index contributed by atoms with van der Waals surface area (Å²) in [5, 5.41) is 0. The maximum atomic E-state index is 13.2. The highest BCUT2D eigenvalue weighted by molar-refractivity contribution is 5.92. The van der Waals surface area contributed by atoms with Gasteiger partial charge in [-0.25, -0.2) is 4.39 Å². The highest BCUT2D eigenvalue weighted by Gasteiger charge is 2.22. The number of hydrogen-bond acceptors (Lipinski definition) is 3. The second kappa shape index (κ2) is 9.69. The van der Waals surface area contributed by atoms with Crippen LogP contribution in [0.3, 0.4) is 0 Å². The largest absolute Gasteiger partial charge is 0.492 e. The molecule has 2 aromatic carbocycles. The molecule has 3 rings (SSSR count). The monoisotopic (exact) mass is 382 g/mol. The van der Waals surface area contributed by atoms with Crippen molar-refractivity contribution in [2.45, 2.75) is 6.42 Å². The zero-order valence-corrected chi connectivity index (χ0v) is 15.6. The van der Waals surface area contributed by atoms with Crippen LogP contribution in [0.1, 0.15) is 12.0 Å². The van der Waals surface area contributed by atoms with Gasteiger partial charge >= 0.3 is 0 Å². The molecule has 0 aromatic heterocycles. The summed E-state index contributed by atoms with van der Waals surface area (Å²) >= 11 is 0. The first kappa shape index (κ1) is 19.6. The molecule has 1 fully saturated rings. The van der Waals surface area contributed by atoms with Crippen molar-refractivity contribution in [2.24, 2.45) is 0 Å². The summed E-state index contributed by atoms with van der Waals surface area (Å²) in [6, 6.07) is 15.5. The lowest BCUT2D eigenvalue weighted by Gasteiger charge is -2.21. The quantitative estimate of drug-likeness (QED) is 0.722. The molecule has 2 aromatic rings. The van der Waals surface area contributed by atoms with Gasteiger partial charge in [0.05, 0.1) is 6.54 Å². The number of carbonyl (C=O) groups is 2. The number of halogens is 1. The third kappa shape index (κ3) is 5.67. The van der Waals surface area contributed by atoms with Gasteiger partial charge in [-0.1, -0.05) is 30.3 Å². The Morgan fingerprint density at radius 2 is 1.89 bits per heavy atom. The van der Waals surface area contributed by atoms with Gasteiger partial charge in [0.2, 0.25) is 11.8 Å². The third-order valence-electron chi connectivity index (χ3n) is 4.54. The van der Waals surface area contributed by atoms with Crippen LogP contribution in [0.25, 0.3) is 6.08 Å². The molecular weight excluding hydrogens is 359 g/mol. The number of ether oxygens (including phenoxy) is 1. The van der Waals surface area contributed by atoms with Crippen molar-refractivity contribution in [1.82, 2.24) is 9.80 Å². The lowest BCUT2D eigenvalue weighted by atomic mass is 10.2. The first-order valence-corrected chi connectivity index (χ1v) is 9.30. The molecule has 5 nitrogen and oxygen atoms in total. The average molecular weight is 382 g/mol. The average Bonchev–Trinajstić information content (AvgIpc) is 2.89. The Hall–Kier alpha value is -3.15. The summed E-state index contributed by atoms with van der Waals surface area (Å²) in [5.41, 5.74) is 0.624. The summed E-state index contributed by atoms with van der Waals surface area (Å²) in [6.45, 7) is 2.19. The predicted molar refractivity (Wildman–Crippen MR) is 105 cm³/mol. The van der Waals surface area contributed by atoms with E-state index in [0.717, 1.165) is 5.75 Å². The molecule has 0 spiro atoms. The molecule has 1 saturated heterocycles. The van der Waals surface area contributed by atoms with Crippen LogP contribution < -0.4 is 4.74 Å². The molecule has 0 atom stereocenters. The molecule has 0 unspecified atom stereocenters. The van der Waals surface area contributed by atoms with Crippen molar-refractivity contribution in [3.63, 3.8) is 0 Å². The Morgan fingerprint density at radius 1 is 1.07 bits per heavy atom. The van der Waals surface area contributed by atoms with E-state index in [0.29, 0.717) is 38.3 Å². The fourth-order valence-electron chi connectivity index (χ4n) is 3.00. The Labute approximate surface area is 164 Å². The van der Waals surface area contributed by atoms with Gasteiger partial charge in [0, 0.05) is 32.1 Å². The van der Waals surface area contributed by atoms with Gasteiger partial charge < -0.3 is 14.5 Å². The molecule has 0 N–H and O–H groups in total. The molecule has 2 amide bonds. The van der Waals surface area contributed by atoms with Gasteiger partial charge in [0.25, 0.3) is 0 Å². The SMILES string of the molecule is O=C(C=Cc1cccc(F)c1)N1CCC(=O)N(CCOc2ccccc2)CC1. The highest BCUT2D eigenvalue weighted by atomic mass is 19.1. The van der Waals surface area contributed by atoms with E-state index in [1.807, 2.05) is 30.3 Å². The van der Waals surface area contributed by atoms with Crippen LogP contribution in [-0.4, -0.2) is 54.4 Å². The van der Waals surface area contributed by atoms with Crippen molar-refractivity contribution in [3.8, 4) is 5.75 Å². The summed E-state index contributed by atoms with van der Waals surface area (Å²) in [6.07, 6.45) is 3.29. The van der Waals surface area contributed by atoms with Crippen LogP contribution in [-0.2, 0) is 9.59 Å². The molecular formula is C22H23FN2O3. The Bertz CT molecular complexity index is 839. The number of amides is 2. The second-order valence-electron chi connectivity index (χ2n) is 6.51. The fourth-order valence-corrected chi connectivity index (χ4v) is 3.00. The minimum Gasteiger partial charge on any atom is -0.492 e. The van der Waals surface area contributed by atoms with Crippen molar-refractivity contribution in [1.29, 1.82) is 0 Å². The minimum absolute atomic E-state index is 0.0149. The number of carbonyl (C=O) groups excluding carboxylic acids is 2. The smallest absolute Gasteiger partial charge is 0.246 e. The topological polar surface area (TPSA) is 49.9 Å². The van der Waals surface area contributed by atoms with Gasteiger partial charge in [0.15, 0.2) is 0 Å². The van der Waals surface area contributed by atoms with Crippen LogP contribution in [0.2, 0.25) is 0 Å². The van der Waals surface area contributed by atoms with Gasteiger partial charge in [-0.15, -0.1) is 0 Å². The molecule has 1 aliphatic heterocycles. The van der Waals surface area contributed by atoms with Crippen molar-refractivity contribution >= 4 is 17.9 Å². The number of benzene rings is 2. The van der Waals surface area contributed by atoms with Gasteiger partial charge in [-0.2, -0.15) is 0 Å². The Morgan fingerprint density at radius 3 is 2.68 bits per heavy atom. The molecule has 146 valence electrons. The Balaban J connectivity index is 1.50. The van der Waals surface area contributed by atoms with Gasteiger partial charge in [0.1, 0.15) is 18.2 Å². The van der Waals surface area contributed by atoms with Crippen LogP contribution >= 0.6 is 0 Å². The van der Waals surface area contributed by atoms with Gasteiger partial charge in [-0.3, -0.25) is 9.59 Å². The van der Waals surface area contributed by atoms with E-state index in [1.165, 1.54) is 18.2 Å². The fraction of sp³-hybridized carbons (Fsp3) is 0.273. The molecule has 0 saturated carbocycles. The number of hydrogen-bond donors (Lipinski definition) is 0. The van der Waals surface area contributed by atoms with Gasteiger partial charge in [-0.05, 0) is 35.9 Å². The molecule has 0 bridgehead atoms. The van der Waals surface area contributed by atoms with E-state index in [9.17, 15) is 14.0 Å². The zero-order valence-electron chi connectivity index (χ0n) is 15.6. The molecule has 0 aliphatic carbocycles. The third-order valence-corrected chi connectivity index (χ3v) is 4.54. The number of nitrogens with zero attached hydrogens (tertiary/aromatic N) is 2. The van der Waals surface area contributed by atoms with Crippen LogP contribution in [0.15, 0.2) is 60.7 Å². The normalized spacial score (nSPS) is 15.0. The first-order chi connectivity index (χ1) is 13.6. The summed E-state index contributed by atoms with van der Waals surface area (Å²) in [4.78, 5) is 28.1. The van der Waals surface area contributed by atoms with Crippen LogP contribution in [0.4, 0.5) is 4.39 Å². The van der Waals surface area contributed by atoms with E-state index >= 15 is 0 Å². The maximum Gasteiger partial charge on any atom is 0.246 e. The second-order valence-corrected chi connectivity index (χ2v) is 6.51. The van der Waals surface area contributed by atoms with Crippen molar-refractivity contribution < 1.29 is 18.7 Å². The van der Waals surface area contributed by atoms with Crippen molar-refractivity contribution in [2.75, 3.05) is 32.8 Å². The molecule has 1 aliphatic rings. The minimum atomic E-state index is -0.344. The number of rotatable bonds is 6. The van der Waals surface area contributed by atoms with E-state index in [2.05, 4.69) is 0 Å². The van der Waals surface area contributed by atoms with Crippen LogP contribution in [0.5, 0.6) is 5.75 Å². The lowest BCUT2D eigenvalue weighted by Crippen LogP contribution is -2.37. The van der Waals surface area contributed by atoms with Crippen molar-refractivity contribution in [3.05, 3.63) is 72.1 Å². The van der Waals surface area contributed by atoms with E-state index in [4.69, 9.17) is 4.74 Å². The zero-order chi connectivity index (χ0) is 19.8. The molecule has 6 heteroatoms. The van der Waals surface area contributed by atoms with E-state index in [1.54, 1.807) is 28.0 Å². The highest BCUT2D eigenvalue weighted by Crippen LogP contribution is 2.10. The number of para-hydroxylation sites is 1. The molecule has 0 radical (unpaired) electrons. The summed E-state index contributed by atoms with van der Waals surface area (Å²) in [5.74, 6) is 0.257. The van der Waals surface area contributed by atoms with Crippen LogP contribution in [0, 0.1) is 5.82 Å². The summed E-state index contributed by atoms with van der Waals surface area (Å²) < 4.78 is 18.9. The Kier molecular flexibility index (Phi) is 6.78. The van der Waals surface area contributed by atoms with E-state index < -0.39 is 0 Å². The summed E-state index contributed by atoms with van der Waals surface area (Å²) in [7, 11) is 0. The predicted octanol–water partition coefficient (Wildman–Crippen LogP) is 2.98. The standard InChI is InChI=1S/C22H23FN2O3/c23-19-6-4-5-18(17-19)9-10-21(26)24-12-11-22(27)25(14-13-24)15-16-28-20-7-2-1-3-8-20/h1-10,17H,11-16H2. The molecule has 1 heterocycles. The maximum absolute atomic E-state index is 13.2. The first-order valence-electron chi connectivity index (χ1n) is 9.30. The lowest BCUT2D eigenvalue weighted by molar-refractivity contribution is -0.130. The van der Waals surface area contributed by atoms with E-state index in [-0.39, 0.29) is 24.1 Å².